The molecule has 0 saturated carbocycles. The highest BCUT2D eigenvalue weighted by Gasteiger charge is 2.30. The topological polar surface area (TPSA) is 154 Å². The number of nitro groups is 3. The third-order valence-corrected chi connectivity index (χ3v) is 2.80. The molecule has 24 heavy (non-hydrogen) atoms. The van der Waals surface area contributed by atoms with Crippen molar-refractivity contribution < 1.29 is 24.4 Å². The lowest BCUT2D eigenvalue weighted by molar-refractivity contribution is -0.671. The Morgan fingerprint density at radius 1 is 0.917 bits per heavy atom. The van der Waals surface area contributed by atoms with Crippen LogP contribution >= 0.6 is 0 Å². The zero-order chi connectivity index (χ0) is 18.4. The van der Waals surface area contributed by atoms with Crippen LogP contribution in [0.1, 0.15) is 5.56 Å². The largest absolute Gasteiger partial charge is 0.497 e. The van der Waals surface area contributed by atoms with E-state index >= 15 is 0 Å². The van der Waals surface area contributed by atoms with E-state index in [1.54, 1.807) is 0 Å². The summed E-state index contributed by atoms with van der Waals surface area (Å²) in [6, 6.07) is 5.06. The summed E-state index contributed by atoms with van der Waals surface area (Å²) in [6.07, 6.45) is 4.07. The fourth-order valence-electron chi connectivity index (χ4n) is 1.55. The lowest BCUT2D eigenvalue weighted by atomic mass is 10.2. The molecule has 1 N–H and O–H groups in total. The molecule has 0 atom stereocenters. The van der Waals surface area contributed by atoms with Crippen molar-refractivity contribution >= 4 is 17.1 Å². The van der Waals surface area contributed by atoms with Crippen LogP contribution in [0.15, 0.2) is 36.7 Å². The number of benzene rings is 1. The summed E-state index contributed by atoms with van der Waals surface area (Å²) in [5.74, 6) is -1.21. The van der Waals surface area contributed by atoms with Crippen LogP contribution in [0.5, 0.6) is 5.75 Å². The summed E-state index contributed by atoms with van der Waals surface area (Å²) in [4.78, 5) is 27.8. The van der Waals surface area contributed by atoms with Crippen LogP contribution in [0.3, 0.4) is 0 Å². The van der Waals surface area contributed by atoms with Gasteiger partial charge in [-0.15, -0.1) is 0 Å². The van der Waals surface area contributed by atoms with E-state index in [0.717, 1.165) is 0 Å². The molecule has 11 heteroatoms. The Morgan fingerprint density at radius 3 is 1.62 bits per heavy atom. The minimum atomic E-state index is -1.21. The average Bonchev–Trinajstić information content (AvgIpc) is 2.50. The summed E-state index contributed by atoms with van der Waals surface area (Å²) >= 11 is 0. The van der Waals surface area contributed by atoms with E-state index in [2.05, 4.69) is 19.1 Å². The molecule has 0 aliphatic carbocycles. The first-order valence-electron chi connectivity index (χ1n) is 6.35. The highest BCUT2D eigenvalue weighted by Crippen LogP contribution is 2.38. The first-order chi connectivity index (χ1) is 11.1. The van der Waals surface area contributed by atoms with Crippen molar-refractivity contribution in [3.63, 3.8) is 0 Å². The van der Waals surface area contributed by atoms with Crippen LogP contribution in [-0.4, -0.2) is 19.9 Å². The van der Waals surface area contributed by atoms with E-state index in [9.17, 15) is 30.3 Å². The minimum Gasteiger partial charge on any atom is -0.497 e. The molecule has 2 rings (SSSR count). The third-order valence-electron chi connectivity index (χ3n) is 2.80. The molecule has 2 aromatic rings. The molecule has 11 nitrogen and oxygen atoms in total. The van der Waals surface area contributed by atoms with Crippen molar-refractivity contribution in [2.45, 2.75) is 6.92 Å². The monoisotopic (exact) mass is 337 g/mol. The Balaban J connectivity index is 0.000000300. The number of nitro benzene ring substituents is 3. The van der Waals surface area contributed by atoms with Gasteiger partial charge in [0.05, 0.1) is 26.9 Å². The van der Waals surface area contributed by atoms with Crippen LogP contribution in [0.25, 0.3) is 0 Å². The van der Waals surface area contributed by atoms with Gasteiger partial charge in [0.25, 0.3) is 11.4 Å². The highest BCUT2D eigenvalue weighted by molar-refractivity contribution is 5.64. The summed E-state index contributed by atoms with van der Waals surface area (Å²) in [5.41, 5.74) is -1.69. The van der Waals surface area contributed by atoms with E-state index in [4.69, 9.17) is 5.11 Å². The van der Waals surface area contributed by atoms with Gasteiger partial charge in [0.2, 0.25) is 0 Å². The number of phenols is 1. The van der Waals surface area contributed by atoms with Crippen LogP contribution in [0.4, 0.5) is 17.1 Å². The normalized spacial score (nSPS) is 9.58. The molecule has 1 aromatic carbocycles. The first-order valence-corrected chi connectivity index (χ1v) is 6.35. The van der Waals surface area contributed by atoms with Gasteiger partial charge in [-0.3, -0.25) is 30.3 Å². The molecule has 0 saturated heterocycles. The van der Waals surface area contributed by atoms with E-state index in [1.807, 2.05) is 24.0 Å². The van der Waals surface area contributed by atoms with E-state index in [1.165, 1.54) is 5.56 Å². The van der Waals surface area contributed by atoms with Gasteiger partial charge in [0, 0.05) is 12.1 Å². The number of non-ortho nitro benzene ring substituents is 1. The lowest BCUT2D eigenvalue weighted by Crippen LogP contribution is -2.25. The van der Waals surface area contributed by atoms with Crippen LogP contribution in [0, 0.1) is 37.3 Å². The first kappa shape index (κ1) is 18.4. The van der Waals surface area contributed by atoms with Gasteiger partial charge < -0.3 is 5.11 Å². The maximum absolute atomic E-state index is 10.4. The Bertz CT molecular complexity index is 733. The van der Waals surface area contributed by atoms with Crippen LogP contribution in [-0.2, 0) is 7.05 Å². The molecule has 0 radical (unpaired) electrons. The molecule has 1 aromatic heterocycles. The molecule has 0 unspecified atom stereocenters. The Kier molecular flexibility index (Phi) is 5.82. The molecule has 126 valence electrons. The van der Waals surface area contributed by atoms with Crippen LogP contribution < -0.4 is 4.57 Å². The van der Waals surface area contributed by atoms with Gasteiger partial charge in [-0.05, 0) is 12.5 Å². The quantitative estimate of drug-likeness (QED) is 0.510. The van der Waals surface area contributed by atoms with Gasteiger partial charge >= 0.3 is 11.4 Å². The Hall–Kier alpha value is -3.63. The van der Waals surface area contributed by atoms with E-state index in [0.29, 0.717) is 12.1 Å². The molecule has 1 heterocycles. The molecule has 0 aliphatic heterocycles. The van der Waals surface area contributed by atoms with Crippen molar-refractivity contribution in [3.05, 3.63) is 72.6 Å². The standard InChI is InChI=1S/C7H10N.C6H3N3O7/c1-7-3-5-8(2)6-4-7;10-6-4(8(13)14)1-3(7(11)12)2-5(6)9(15)16/h3-6H,1-2H3;1-2,10H/q+1;. The molecule has 0 amide bonds. The number of pyridine rings is 1. The summed E-state index contributed by atoms with van der Waals surface area (Å²) in [7, 11) is 2.01. The van der Waals surface area contributed by atoms with Crippen molar-refractivity contribution in [2.24, 2.45) is 7.05 Å². The number of hydrogen-bond donors (Lipinski definition) is 1. The van der Waals surface area contributed by atoms with Gasteiger partial charge in [-0.2, -0.15) is 0 Å². The highest BCUT2D eigenvalue weighted by atomic mass is 16.6. The number of phenolic OH excluding ortho intramolecular Hbond substituents is 1. The number of nitrogens with zero attached hydrogens (tertiary/aromatic N) is 4. The average molecular weight is 337 g/mol. The van der Waals surface area contributed by atoms with Crippen molar-refractivity contribution in [1.82, 2.24) is 0 Å². The van der Waals surface area contributed by atoms with Gasteiger partial charge in [-0.25, -0.2) is 4.57 Å². The second kappa shape index (κ2) is 7.58. The van der Waals surface area contributed by atoms with Gasteiger partial charge in [0.1, 0.15) is 7.05 Å². The predicted molar refractivity (Wildman–Crippen MR) is 80.4 cm³/mol. The fourth-order valence-corrected chi connectivity index (χ4v) is 1.55. The summed E-state index contributed by atoms with van der Waals surface area (Å²) in [5, 5.41) is 40.2. The summed E-state index contributed by atoms with van der Waals surface area (Å²) < 4.78 is 2.02. The summed E-state index contributed by atoms with van der Waals surface area (Å²) in [6.45, 7) is 2.08. The fraction of sp³-hybridized carbons (Fsp3) is 0.154. The third kappa shape index (κ3) is 4.69. The number of aryl methyl sites for hydroxylation is 2. The molecule has 0 spiro atoms. The van der Waals surface area contributed by atoms with Gasteiger partial charge in [-0.1, -0.05) is 0 Å². The maximum Gasteiger partial charge on any atom is 0.324 e. The smallest absolute Gasteiger partial charge is 0.324 e. The van der Waals surface area contributed by atoms with Gasteiger partial charge in [0.15, 0.2) is 12.4 Å². The van der Waals surface area contributed by atoms with E-state index in [-0.39, 0.29) is 0 Å². The number of aromatic hydroxyl groups is 1. The van der Waals surface area contributed by atoms with Crippen molar-refractivity contribution in [2.75, 3.05) is 0 Å². The second-order valence-corrected chi connectivity index (χ2v) is 4.64. The van der Waals surface area contributed by atoms with Crippen molar-refractivity contribution in [1.29, 1.82) is 0 Å². The number of hydrogen-bond acceptors (Lipinski definition) is 7. The number of aromatic nitrogens is 1. The zero-order valence-corrected chi connectivity index (χ0v) is 12.6. The maximum atomic E-state index is 10.4. The molecule has 0 aliphatic rings. The molecule has 0 fully saturated rings. The SMILES string of the molecule is Cc1cc[n+](C)cc1.O=[N+]([O-])c1cc([N+](=O)[O-])c(O)c([N+](=O)[O-])c1. The Labute approximate surface area is 134 Å². The molecular formula is C13H13N4O7+. The lowest BCUT2D eigenvalue weighted by Gasteiger charge is -1.97. The zero-order valence-electron chi connectivity index (χ0n) is 12.6. The molecular weight excluding hydrogens is 324 g/mol. The minimum absolute atomic E-state index is 0.447. The van der Waals surface area contributed by atoms with Crippen molar-refractivity contribution in [3.8, 4) is 5.75 Å². The van der Waals surface area contributed by atoms with Crippen LogP contribution in [0.2, 0.25) is 0 Å². The Morgan fingerprint density at radius 2 is 1.33 bits per heavy atom. The number of rotatable bonds is 3. The predicted octanol–water partition coefficient (Wildman–Crippen LogP) is 1.94. The second-order valence-electron chi connectivity index (χ2n) is 4.64. The van der Waals surface area contributed by atoms with E-state index < -0.39 is 37.6 Å². The molecule has 0 bridgehead atoms.